The molecule has 2 N–H and O–H groups in total. The SMILES string of the molecule is COCCN1CCCC1CNC(=O)[C@H]1CCCCN1. The van der Waals surface area contributed by atoms with Crippen molar-refractivity contribution >= 4 is 5.91 Å². The zero-order valence-corrected chi connectivity index (χ0v) is 12.0. The number of ether oxygens (including phenoxy) is 1. The quantitative estimate of drug-likeness (QED) is 0.731. The molecule has 0 radical (unpaired) electrons. The van der Waals surface area contributed by atoms with Crippen molar-refractivity contribution in [2.75, 3.05) is 39.9 Å². The highest BCUT2D eigenvalue weighted by Gasteiger charge is 2.26. The fourth-order valence-corrected chi connectivity index (χ4v) is 3.05. The van der Waals surface area contributed by atoms with E-state index in [-0.39, 0.29) is 11.9 Å². The second kappa shape index (κ2) is 7.82. The first kappa shape index (κ1) is 14.8. The van der Waals surface area contributed by atoms with Gasteiger partial charge < -0.3 is 15.4 Å². The minimum Gasteiger partial charge on any atom is -0.383 e. The minimum absolute atomic E-state index is 0.0302. The number of carbonyl (C=O) groups is 1. The highest BCUT2D eigenvalue weighted by Crippen LogP contribution is 2.16. The van der Waals surface area contributed by atoms with Gasteiger partial charge in [-0.3, -0.25) is 9.69 Å². The molecule has 1 unspecified atom stereocenters. The molecule has 0 spiro atoms. The summed E-state index contributed by atoms with van der Waals surface area (Å²) in [5.41, 5.74) is 0. The van der Waals surface area contributed by atoms with Gasteiger partial charge in [0, 0.05) is 26.2 Å². The van der Waals surface area contributed by atoms with Gasteiger partial charge in [0.2, 0.25) is 5.91 Å². The number of piperidine rings is 1. The van der Waals surface area contributed by atoms with Crippen molar-refractivity contribution in [3.05, 3.63) is 0 Å². The number of nitrogens with zero attached hydrogens (tertiary/aromatic N) is 1. The van der Waals surface area contributed by atoms with E-state index in [1.165, 1.54) is 19.3 Å². The maximum atomic E-state index is 12.1. The van der Waals surface area contributed by atoms with E-state index < -0.39 is 0 Å². The van der Waals surface area contributed by atoms with Gasteiger partial charge in [0.1, 0.15) is 0 Å². The smallest absolute Gasteiger partial charge is 0.237 e. The van der Waals surface area contributed by atoms with E-state index in [0.29, 0.717) is 6.04 Å². The second-order valence-electron chi connectivity index (χ2n) is 5.57. The van der Waals surface area contributed by atoms with Crippen molar-refractivity contribution in [2.24, 2.45) is 0 Å². The number of hydrogen-bond donors (Lipinski definition) is 2. The fraction of sp³-hybridized carbons (Fsp3) is 0.929. The summed E-state index contributed by atoms with van der Waals surface area (Å²) in [5, 5.41) is 6.41. The molecule has 0 aromatic heterocycles. The summed E-state index contributed by atoms with van der Waals surface area (Å²) in [6.07, 6.45) is 5.74. The van der Waals surface area contributed by atoms with Crippen LogP contribution in [0.1, 0.15) is 32.1 Å². The molecule has 2 fully saturated rings. The molecule has 19 heavy (non-hydrogen) atoms. The summed E-state index contributed by atoms with van der Waals surface area (Å²) in [4.78, 5) is 14.5. The minimum atomic E-state index is 0.0302. The van der Waals surface area contributed by atoms with Gasteiger partial charge in [-0.1, -0.05) is 6.42 Å². The van der Waals surface area contributed by atoms with Crippen LogP contribution in [0.5, 0.6) is 0 Å². The van der Waals surface area contributed by atoms with Crippen LogP contribution in [0.2, 0.25) is 0 Å². The molecule has 2 heterocycles. The van der Waals surface area contributed by atoms with Crippen LogP contribution in [0.25, 0.3) is 0 Å². The van der Waals surface area contributed by atoms with Gasteiger partial charge >= 0.3 is 0 Å². The molecular weight excluding hydrogens is 242 g/mol. The van der Waals surface area contributed by atoms with Crippen molar-refractivity contribution < 1.29 is 9.53 Å². The number of carbonyl (C=O) groups excluding carboxylic acids is 1. The molecule has 5 heteroatoms. The molecule has 2 atom stereocenters. The van der Waals surface area contributed by atoms with Gasteiger partial charge in [-0.25, -0.2) is 0 Å². The third-order valence-corrected chi connectivity index (χ3v) is 4.22. The Hall–Kier alpha value is -0.650. The van der Waals surface area contributed by atoms with Crippen LogP contribution in [0.4, 0.5) is 0 Å². The second-order valence-corrected chi connectivity index (χ2v) is 5.57. The van der Waals surface area contributed by atoms with Crippen molar-refractivity contribution in [3.63, 3.8) is 0 Å². The number of amides is 1. The monoisotopic (exact) mass is 269 g/mol. The van der Waals surface area contributed by atoms with Crippen LogP contribution in [0.15, 0.2) is 0 Å². The average molecular weight is 269 g/mol. The molecule has 2 aliphatic heterocycles. The Morgan fingerprint density at radius 3 is 3.00 bits per heavy atom. The molecule has 0 bridgehead atoms. The van der Waals surface area contributed by atoms with Crippen LogP contribution in [0.3, 0.4) is 0 Å². The Kier molecular flexibility index (Phi) is 6.07. The molecule has 0 aromatic rings. The Bertz CT molecular complexity index is 280. The fourth-order valence-electron chi connectivity index (χ4n) is 3.05. The first-order valence-corrected chi connectivity index (χ1v) is 7.55. The molecule has 0 saturated carbocycles. The maximum Gasteiger partial charge on any atom is 0.237 e. The first-order valence-electron chi connectivity index (χ1n) is 7.55. The van der Waals surface area contributed by atoms with Crippen LogP contribution in [-0.4, -0.2) is 62.8 Å². The third-order valence-electron chi connectivity index (χ3n) is 4.22. The number of methoxy groups -OCH3 is 1. The highest BCUT2D eigenvalue weighted by molar-refractivity contribution is 5.81. The molecule has 1 amide bonds. The zero-order valence-electron chi connectivity index (χ0n) is 12.0. The predicted molar refractivity (Wildman–Crippen MR) is 75.1 cm³/mol. The Balaban J connectivity index is 1.69. The van der Waals surface area contributed by atoms with Gasteiger partial charge in [0.25, 0.3) is 0 Å². The Morgan fingerprint density at radius 1 is 1.37 bits per heavy atom. The van der Waals surface area contributed by atoms with E-state index in [1.54, 1.807) is 7.11 Å². The normalized spacial score (nSPS) is 28.5. The lowest BCUT2D eigenvalue weighted by Gasteiger charge is -2.26. The summed E-state index contributed by atoms with van der Waals surface area (Å²) < 4.78 is 5.13. The maximum absolute atomic E-state index is 12.1. The van der Waals surface area contributed by atoms with Crippen LogP contribution in [-0.2, 0) is 9.53 Å². The van der Waals surface area contributed by atoms with Gasteiger partial charge in [-0.2, -0.15) is 0 Å². The van der Waals surface area contributed by atoms with E-state index in [1.807, 2.05) is 0 Å². The van der Waals surface area contributed by atoms with Crippen molar-refractivity contribution in [1.82, 2.24) is 15.5 Å². The van der Waals surface area contributed by atoms with Crippen molar-refractivity contribution in [3.8, 4) is 0 Å². The molecule has 2 rings (SSSR count). The molecular formula is C14H27N3O2. The van der Waals surface area contributed by atoms with Crippen LogP contribution < -0.4 is 10.6 Å². The molecule has 0 aromatic carbocycles. The van der Waals surface area contributed by atoms with E-state index in [2.05, 4.69) is 15.5 Å². The number of hydrogen-bond acceptors (Lipinski definition) is 4. The van der Waals surface area contributed by atoms with Crippen molar-refractivity contribution in [2.45, 2.75) is 44.2 Å². The molecule has 0 aliphatic carbocycles. The lowest BCUT2D eigenvalue weighted by Crippen LogP contribution is -2.49. The van der Waals surface area contributed by atoms with Gasteiger partial charge in [0.05, 0.1) is 12.6 Å². The Labute approximate surface area is 116 Å². The van der Waals surface area contributed by atoms with E-state index in [4.69, 9.17) is 4.74 Å². The zero-order chi connectivity index (χ0) is 13.5. The molecule has 2 saturated heterocycles. The Morgan fingerprint density at radius 2 is 2.26 bits per heavy atom. The highest BCUT2D eigenvalue weighted by atomic mass is 16.5. The van der Waals surface area contributed by atoms with E-state index in [9.17, 15) is 4.79 Å². The predicted octanol–water partition coefficient (Wildman–Crippen LogP) is 0.356. The standard InChI is InChI=1S/C14H27N3O2/c1-19-10-9-17-8-4-5-12(17)11-16-14(18)13-6-2-3-7-15-13/h12-13,15H,2-11H2,1H3,(H,16,18)/t12?,13-/m1/s1. The number of rotatable bonds is 6. The van der Waals surface area contributed by atoms with E-state index >= 15 is 0 Å². The molecule has 110 valence electrons. The summed E-state index contributed by atoms with van der Waals surface area (Å²) in [5.74, 6) is 0.179. The lowest BCUT2D eigenvalue weighted by atomic mass is 10.0. The average Bonchev–Trinajstić information content (AvgIpc) is 2.91. The van der Waals surface area contributed by atoms with Gasteiger partial charge in [-0.15, -0.1) is 0 Å². The van der Waals surface area contributed by atoms with Gasteiger partial charge in [0.15, 0.2) is 0 Å². The van der Waals surface area contributed by atoms with Crippen LogP contribution in [0, 0.1) is 0 Å². The van der Waals surface area contributed by atoms with E-state index in [0.717, 1.165) is 45.6 Å². The topological polar surface area (TPSA) is 53.6 Å². The first-order chi connectivity index (χ1) is 9.31. The summed E-state index contributed by atoms with van der Waals surface area (Å²) in [6, 6.07) is 0.519. The lowest BCUT2D eigenvalue weighted by molar-refractivity contribution is -0.123. The summed E-state index contributed by atoms with van der Waals surface area (Å²) in [6.45, 7) is 4.63. The summed E-state index contributed by atoms with van der Waals surface area (Å²) in [7, 11) is 1.74. The molecule has 2 aliphatic rings. The van der Waals surface area contributed by atoms with Gasteiger partial charge in [-0.05, 0) is 38.8 Å². The van der Waals surface area contributed by atoms with Crippen LogP contribution >= 0.6 is 0 Å². The number of nitrogens with one attached hydrogen (secondary N) is 2. The molecule has 5 nitrogen and oxygen atoms in total. The summed E-state index contributed by atoms with van der Waals surface area (Å²) >= 11 is 0. The third kappa shape index (κ3) is 4.44. The number of likely N-dealkylation sites (tertiary alicyclic amines) is 1. The largest absolute Gasteiger partial charge is 0.383 e. The van der Waals surface area contributed by atoms with Crippen molar-refractivity contribution in [1.29, 1.82) is 0 Å².